The molecule has 21 heavy (non-hydrogen) atoms. The number of fused-ring (bicyclic) bond motifs is 1. The van der Waals surface area contributed by atoms with Crippen LogP contribution in [0.3, 0.4) is 0 Å². The minimum Gasteiger partial charge on any atom is -0.481 e. The Morgan fingerprint density at radius 3 is 2.71 bits per heavy atom. The van der Waals surface area contributed by atoms with Gasteiger partial charge in [0.2, 0.25) is 0 Å². The summed E-state index contributed by atoms with van der Waals surface area (Å²) in [6.45, 7) is 0. The largest absolute Gasteiger partial charge is 0.481 e. The monoisotopic (exact) mass is 290 g/mol. The zero-order valence-electron chi connectivity index (χ0n) is 11.8. The molecule has 1 heterocycles. The van der Waals surface area contributed by atoms with E-state index in [2.05, 4.69) is 5.32 Å². The van der Waals surface area contributed by atoms with Crippen LogP contribution in [-0.4, -0.2) is 21.7 Å². The number of carboxylic acid groups (broad SMARTS) is 1. The fourth-order valence-corrected chi connectivity index (χ4v) is 2.94. The third-order valence-electron chi connectivity index (χ3n) is 4.24. The lowest BCUT2D eigenvalue weighted by atomic mass is 9.86. The maximum Gasteiger partial charge on any atom is 0.419 e. The molecule has 0 bridgehead atoms. The van der Waals surface area contributed by atoms with Crippen LogP contribution >= 0.6 is 0 Å². The zero-order valence-corrected chi connectivity index (χ0v) is 11.8. The number of rotatable bonds is 3. The van der Waals surface area contributed by atoms with Crippen molar-refractivity contribution in [1.82, 2.24) is 4.57 Å². The smallest absolute Gasteiger partial charge is 0.419 e. The van der Waals surface area contributed by atoms with Crippen LogP contribution in [0.5, 0.6) is 0 Å². The van der Waals surface area contributed by atoms with Gasteiger partial charge in [-0.3, -0.25) is 9.36 Å². The maximum absolute atomic E-state index is 11.5. The molecule has 1 aliphatic rings. The summed E-state index contributed by atoms with van der Waals surface area (Å²) in [5, 5.41) is 12.4. The highest BCUT2D eigenvalue weighted by atomic mass is 16.4. The van der Waals surface area contributed by atoms with Crippen LogP contribution in [-0.2, 0) is 11.8 Å². The molecular formula is C15H18N2O4. The van der Waals surface area contributed by atoms with Crippen LogP contribution in [0.2, 0.25) is 0 Å². The van der Waals surface area contributed by atoms with Crippen LogP contribution in [0.4, 0.5) is 5.69 Å². The first kappa shape index (κ1) is 13.7. The molecule has 2 aromatic rings. The Bertz CT molecular complexity index is 723. The number of aliphatic carboxylic acids is 1. The molecule has 0 radical (unpaired) electrons. The number of nitrogens with one attached hydrogen (secondary N) is 1. The highest BCUT2D eigenvalue weighted by molar-refractivity contribution is 5.77. The molecule has 1 aliphatic carbocycles. The van der Waals surface area contributed by atoms with E-state index in [9.17, 15) is 9.59 Å². The number of aromatic nitrogens is 1. The second-order valence-electron chi connectivity index (χ2n) is 5.64. The molecule has 0 amide bonds. The molecule has 0 saturated heterocycles. The van der Waals surface area contributed by atoms with Crippen molar-refractivity contribution < 1.29 is 14.3 Å². The van der Waals surface area contributed by atoms with E-state index in [1.807, 2.05) is 12.1 Å². The van der Waals surface area contributed by atoms with Gasteiger partial charge >= 0.3 is 11.7 Å². The number of nitrogens with zero attached hydrogens (tertiary/aromatic N) is 1. The van der Waals surface area contributed by atoms with Gasteiger partial charge < -0.3 is 14.8 Å². The van der Waals surface area contributed by atoms with Crippen molar-refractivity contribution >= 4 is 22.8 Å². The van der Waals surface area contributed by atoms with Gasteiger partial charge in [-0.25, -0.2) is 4.79 Å². The van der Waals surface area contributed by atoms with Gasteiger partial charge in [0.1, 0.15) is 0 Å². The Balaban J connectivity index is 1.72. The van der Waals surface area contributed by atoms with E-state index >= 15 is 0 Å². The Hall–Kier alpha value is -2.24. The zero-order chi connectivity index (χ0) is 15.0. The second kappa shape index (κ2) is 5.27. The highest BCUT2D eigenvalue weighted by Crippen LogP contribution is 2.27. The summed E-state index contributed by atoms with van der Waals surface area (Å²) in [7, 11) is 1.68. The summed E-state index contributed by atoms with van der Waals surface area (Å²) >= 11 is 0. The topological polar surface area (TPSA) is 84.5 Å². The molecule has 1 saturated carbocycles. The quantitative estimate of drug-likeness (QED) is 0.905. The van der Waals surface area contributed by atoms with E-state index in [1.165, 1.54) is 4.57 Å². The molecule has 1 fully saturated rings. The average molecular weight is 290 g/mol. The summed E-state index contributed by atoms with van der Waals surface area (Å²) in [4.78, 5) is 22.4. The van der Waals surface area contributed by atoms with Crippen molar-refractivity contribution in [3.63, 3.8) is 0 Å². The molecular weight excluding hydrogens is 272 g/mol. The fraction of sp³-hybridized carbons (Fsp3) is 0.467. The van der Waals surface area contributed by atoms with E-state index in [-0.39, 0.29) is 17.7 Å². The first-order valence-corrected chi connectivity index (χ1v) is 7.13. The van der Waals surface area contributed by atoms with E-state index in [4.69, 9.17) is 9.52 Å². The van der Waals surface area contributed by atoms with Crippen LogP contribution in [0, 0.1) is 5.92 Å². The number of carbonyl (C=O) groups is 1. The SMILES string of the molecule is Cn1c(=O)oc2ccc(NC3CCC(C(=O)O)CC3)cc21. The Morgan fingerprint density at radius 2 is 2.05 bits per heavy atom. The maximum atomic E-state index is 11.5. The van der Waals surface area contributed by atoms with Gasteiger partial charge in [-0.15, -0.1) is 0 Å². The van der Waals surface area contributed by atoms with Gasteiger partial charge in [0.25, 0.3) is 0 Å². The van der Waals surface area contributed by atoms with Crippen molar-refractivity contribution in [3.8, 4) is 0 Å². The molecule has 0 aliphatic heterocycles. The molecule has 0 atom stereocenters. The van der Waals surface area contributed by atoms with Crippen molar-refractivity contribution in [2.24, 2.45) is 13.0 Å². The lowest BCUT2D eigenvalue weighted by Gasteiger charge is -2.27. The highest BCUT2D eigenvalue weighted by Gasteiger charge is 2.25. The minimum atomic E-state index is -0.691. The predicted molar refractivity (Wildman–Crippen MR) is 78.5 cm³/mol. The first-order valence-electron chi connectivity index (χ1n) is 7.13. The summed E-state index contributed by atoms with van der Waals surface area (Å²) in [6.07, 6.45) is 3.11. The lowest BCUT2D eigenvalue weighted by molar-refractivity contribution is -0.142. The van der Waals surface area contributed by atoms with Crippen molar-refractivity contribution in [2.75, 3.05) is 5.32 Å². The molecule has 1 aromatic heterocycles. The van der Waals surface area contributed by atoms with E-state index in [1.54, 1.807) is 13.1 Å². The normalized spacial score (nSPS) is 22.3. The Kier molecular flexibility index (Phi) is 3.45. The van der Waals surface area contributed by atoms with E-state index in [0.717, 1.165) is 24.0 Å². The molecule has 1 aromatic carbocycles. The third-order valence-corrected chi connectivity index (χ3v) is 4.24. The fourth-order valence-electron chi connectivity index (χ4n) is 2.94. The molecule has 3 rings (SSSR count). The van der Waals surface area contributed by atoms with E-state index < -0.39 is 5.97 Å². The number of benzene rings is 1. The number of hydrogen-bond donors (Lipinski definition) is 2. The van der Waals surface area contributed by atoms with Crippen molar-refractivity contribution in [2.45, 2.75) is 31.7 Å². The van der Waals surface area contributed by atoms with Gasteiger partial charge in [0.05, 0.1) is 11.4 Å². The summed E-state index contributed by atoms with van der Waals surface area (Å²) in [5.41, 5.74) is 2.25. The lowest BCUT2D eigenvalue weighted by Crippen LogP contribution is -2.29. The van der Waals surface area contributed by atoms with Crippen LogP contribution in [0.15, 0.2) is 27.4 Å². The number of anilines is 1. The summed E-state index contributed by atoms with van der Waals surface area (Å²) < 4.78 is 6.57. The second-order valence-corrected chi connectivity index (χ2v) is 5.64. The molecule has 0 unspecified atom stereocenters. The third kappa shape index (κ3) is 2.66. The first-order chi connectivity index (χ1) is 10.0. The van der Waals surface area contributed by atoms with Gasteiger partial charge in [-0.1, -0.05) is 0 Å². The van der Waals surface area contributed by atoms with Crippen LogP contribution in [0.25, 0.3) is 11.1 Å². The van der Waals surface area contributed by atoms with E-state index in [0.29, 0.717) is 18.4 Å². The van der Waals surface area contributed by atoms with Gasteiger partial charge in [0, 0.05) is 18.8 Å². The van der Waals surface area contributed by atoms with Gasteiger partial charge in [-0.2, -0.15) is 0 Å². The van der Waals surface area contributed by atoms with Crippen LogP contribution in [0.1, 0.15) is 25.7 Å². The molecule has 6 nitrogen and oxygen atoms in total. The number of aryl methyl sites for hydroxylation is 1. The van der Waals surface area contributed by atoms with Crippen molar-refractivity contribution in [3.05, 3.63) is 28.7 Å². The standard InChI is InChI=1S/C15H18N2O4/c1-17-12-8-11(6-7-13(12)21-15(17)20)16-10-4-2-9(3-5-10)14(18)19/h6-10,16H,2-5H2,1H3,(H,18,19). The number of carboxylic acids is 1. The van der Waals surface area contributed by atoms with Crippen LogP contribution < -0.4 is 11.1 Å². The minimum absolute atomic E-state index is 0.208. The molecule has 112 valence electrons. The van der Waals surface area contributed by atoms with Crippen molar-refractivity contribution in [1.29, 1.82) is 0 Å². The Labute approximate surface area is 121 Å². The molecule has 0 spiro atoms. The Morgan fingerprint density at radius 1 is 1.33 bits per heavy atom. The average Bonchev–Trinajstić information content (AvgIpc) is 2.75. The summed E-state index contributed by atoms with van der Waals surface area (Å²) in [5.74, 6) is -1.27. The van der Waals surface area contributed by atoms with Gasteiger partial charge in [-0.05, 0) is 43.9 Å². The predicted octanol–water partition coefficient (Wildman–Crippen LogP) is 2.19. The summed E-state index contributed by atoms with van der Waals surface area (Å²) in [6, 6.07) is 5.84. The van der Waals surface area contributed by atoms with Gasteiger partial charge in [0.15, 0.2) is 5.58 Å². The molecule has 2 N–H and O–H groups in total. The number of hydrogen-bond acceptors (Lipinski definition) is 4. The molecule has 6 heteroatoms. The number of oxazole rings is 1.